The van der Waals surface area contributed by atoms with Crippen LogP contribution in [-0.4, -0.2) is 60.2 Å². The van der Waals surface area contributed by atoms with Crippen molar-refractivity contribution in [2.45, 2.75) is 32.6 Å². The van der Waals surface area contributed by atoms with Gasteiger partial charge in [0.2, 0.25) is 5.95 Å². The molecule has 1 aliphatic carbocycles. The molecule has 2 fully saturated rings. The van der Waals surface area contributed by atoms with E-state index >= 15 is 0 Å². The van der Waals surface area contributed by atoms with Crippen LogP contribution in [0.25, 0.3) is 0 Å². The Kier molecular flexibility index (Phi) is 4.38. The topological polar surface area (TPSA) is 61.3 Å². The second kappa shape index (κ2) is 6.70. The SMILES string of the molecule is Cc1cc(N2CCN(c3cc(C)nc(N(C)C)n3)CC2)nc(C2CC2)n1. The second-order valence-corrected chi connectivity index (χ2v) is 7.54. The largest absolute Gasteiger partial charge is 0.353 e. The van der Waals surface area contributed by atoms with Gasteiger partial charge in [-0.1, -0.05) is 0 Å². The number of aryl methyl sites for hydroxylation is 2. The van der Waals surface area contributed by atoms with Crippen LogP contribution in [0.5, 0.6) is 0 Å². The van der Waals surface area contributed by atoms with Gasteiger partial charge >= 0.3 is 0 Å². The second-order valence-electron chi connectivity index (χ2n) is 7.54. The van der Waals surface area contributed by atoms with E-state index in [-0.39, 0.29) is 0 Å². The van der Waals surface area contributed by atoms with E-state index in [1.165, 1.54) is 12.8 Å². The van der Waals surface area contributed by atoms with Crippen LogP contribution in [0.3, 0.4) is 0 Å². The van der Waals surface area contributed by atoms with Gasteiger partial charge in [0.05, 0.1) is 0 Å². The average molecular weight is 353 g/mol. The Balaban J connectivity index is 1.48. The maximum atomic E-state index is 4.83. The first-order valence-electron chi connectivity index (χ1n) is 9.38. The standard InChI is InChI=1S/C19H27N7/c1-13-11-16(22-18(20-13)15-5-6-15)25-7-9-26(10-8-25)17-12-14(2)21-19(23-17)24(3)4/h11-12,15H,5-10H2,1-4H3. The molecule has 4 rings (SSSR count). The van der Waals surface area contributed by atoms with Gasteiger partial charge in [0, 0.05) is 69.7 Å². The van der Waals surface area contributed by atoms with E-state index in [2.05, 4.69) is 38.8 Å². The lowest BCUT2D eigenvalue weighted by Gasteiger charge is -2.36. The molecule has 3 heterocycles. The molecule has 2 aliphatic rings. The molecule has 7 nitrogen and oxygen atoms in total. The molecule has 0 aromatic carbocycles. The molecule has 2 aromatic rings. The fourth-order valence-corrected chi connectivity index (χ4v) is 3.32. The van der Waals surface area contributed by atoms with Crippen LogP contribution in [0, 0.1) is 13.8 Å². The summed E-state index contributed by atoms with van der Waals surface area (Å²) >= 11 is 0. The number of rotatable bonds is 4. The van der Waals surface area contributed by atoms with Crippen molar-refractivity contribution in [3.05, 3.63) is 29.3 Å². The molecule has 0 N–H and O–H groups in total. The summed E-state index contributed by atoms with van der Waals surface area (Å²) in [6.07, 6.45) is 2.47. The third kappa shape index (κ3) is 3.57. The quantitative estimate of drug-likeness (QED) is 0.834. The van der Waals surface area contributed by atoms with Crippen molar-refractivity contribution in [3.63, 3.8) is 0 Å². The maximum absolute atomic E-state index is 4.83. The minimum atomic E-state index is 0.586. The monoisotopic (exact) mass is 353 g/mol. The van der Waals surface area contributed by atoms with Gasteiger partial charge in [0.1, 0.15) is 17.5 Å². The predicted molar refractivity (Wildman–Crippen MR) is 104 cm³/mol. The Bertz CT molecular complexity index is 733. The van der Waals surface area contributed by atoms with E-state index < -0.39 is 0 Å². The Hall–Kier alpha value is -2.44. The summed E-state index contributed by atoms with van der Waals surface area (Å²) in [7, 11) is 3.96. The first kappa shape index (κ1) is 17.0. The Morgan fingerprint density at radius 3 is 1.88 bits per heavy atom. The summed E-state index contributed by atoms with van der Waals surface area (Å²) in [5.74, 6) is 4.47. The molecule has 26 heavy (non-hydrogen) atoms. The smallest absolute Gasteiger partial charge is 0.226 e. The maximum Gasteiger partial charge on any atom is 0.226 e. The molecule has 1 aliphatic heterocycles. The Morgan fingerprint density at radius 2 is 1.35 bits per heavy atom. The van der Waals surface area contributed by atoms with E-state index in [4.69, 9.17) is 9.97 Å². The lowest BCUT2D eigenvalue weighted by Crippen LogP contribution is -2.47. The molecule has 0 amide bonds. The van der Waals surface area contributed by atoms with Gasteiger partial charge in [-0.25, -0.2) is 15.0 Å². The van der Waals surface area contributed by atoms with E-state index in [0.717, 1.165) is 61.0 Å². The van der Waals surface area contributed by atoms with Gasteiger partial charge in [-0.15, -0.1) is 0 Å². The van der Waals surface area contributed by atoms with Gasteiger partial charge in [-0.2, -0.15) is 4.98 Å². The van der Waals surface area contributed by atoms with E-state index in [1.54, 1.807) is 0 Å². The minimum Gasteiger partial charge on any atom is -0.353 e. The molecule has 138 valence electrons. The molecule has 7 heteroatoms. The van der Waals surface area contributed by atoms with Crippen molar-refractivity contribution in [2.24, 2.45) is 0 Å². The highest BCUT2D eigenvalue weighted by Crippen LogP contribution is 2.38. The summed E-state index contributed by atoms with van der Waals surface area (Å²) in [5.41, 5.74) is 2.07. The zero-order valence-corrected chi connectivity index (χ0v) is 16.1. The summed E-state index contributed by atoms with van der Waals surface area (Å²) in [6.45, 7) is 7.86. The molecule has 0 radical (unpaired) electrons. The fraction of sp³-hybridized carbons (Fsp3) is 0.579. The van der Waals surface area contributed by atoms with Crippen LogP contribution in [-0.2, 0) is 0 Å². The first-order chi connectivity index (χ1) is 12.5. The van der Waals surface area contributed by atoms with Crippen LogP contribution < -0.4 is 14.7 Å². The van der Waals surface area contributed by atoms with Crippen molar-refractivity contribution in [1.29, 1.82) is 0 Å². The number of anilines is 3. The van der Waals surface area contributed by atoms with Crippen LogP contribution in [0.4, 0.5) is 17.6 Å². The summed E-state index contributed by atoms with van der Waals surface area (Å²) < 4.78 is 0. The highest BCUT2D eigenvalue weighted by molar-refractivity contribution is 5.48. The zero-order chi connectivity index (χ0) is 18.3. The van der Waals surface area contributed by atoms with Crippen molar-refractivity contribution < 1.29 is 0 Å². The lowest BCUT2D eigenvalue weighted by molar-refractivity contribution is 0.637. The number of aromatic nitrogens is 4. The molecular formula is C19H27N7. The minimum absolute atomic E-state index is 0.586. The molecule has 0 bridgehead atoms. The molecule has 0 atom stereocenters. The Labute approximate surface area is 155 Å². The fourth-order valence-electron chi connectivity index (χ4n) is 3.32. The number of piperazine rings is 1. The highest BCUT2D eigenvalue weighted by atomic mass is 15.3. The average Bonchev–Trinajstić information content (AvgIpc) is 3.46. The van der Waals surface area contributed by atoms with E-state index in [0.29, 0.717) is 5.92 Å². The zero-order valence-electron chi connectivity index (χ0n) is 16.1. The van der Waals surface area contributed by atoms with Gasteiger partial charge in [0.25, 0.3) is 0 Å². The molecule has 1 saturated carbocycles. The number of hydrogen-bond acceptors (Lipinski definition) is 7. The predicted octanol–water partition coefficient (Wildman–Crippen LogP) is 2.15. The van der Waals surface area contributed by atoms with E-state index in [9.17, 15) is 0 Å². The summed E-state index contributed by atoms with van der Waals surface area (Å²) in [6, 6.07) is 4.18. The van der Waals surface area contributed by atoms with Crippen LogP contribution in [0.1, 0.15) is 36.0 Å². The van der Waals surface area contributed by atoms with Crippen molar-refractivity contribution >= 4 is 17.6 Å². The van der Waals surface area contributed by atoms with Crippen LogP contribution in [0.2, 0.25) is 0 Å². The summed E-state index contributed by atoms with van der Waals surface area (Å²) in [4.78, 5) is 25.3. The van der Waals surface area contributed by atoms with Gasteiger partial charge in [-0.3, -0.25) is 0 Å². The molecule has 0 unspecified atom stereocenters. The third-order valence-electron chi connectivity index (χ3n) is 4.96. The molecular weight excluding hydrogens is 326 g/mol. The van der Waals surface area contributed by atoms with Crippen molar-refractivity contribution in [2.75, 3.05) is 55.0 Å². The first-order valence-corrected chi connectivity index (χ1v) is 9.38. The van der Waals surface area contributed by atoms with Crippen LogP contribution >= 0.6 is 0 Å². The molecule has 1 saturated heterocycles. The van der Waals surface area contributed by atoms with E-state index in [1.807, 2.05) is 25.9 Å². The van der Waals surface area contributed by atoms with Gasteiger partial charge < -0.3 is 14.7 Å². The Morgan fingerprint density at radius 1 is 0.808 bits per heavy atom. The molecule has 2 aromatic heterocycles. The van der Waals surface area contributed by atoms with Gasteiger partial charge in [0.15, 0.2) is 0 Å². The van der Waals surface area contributed by atoms with Crippen molar-refractivity contribution in [1.82, 2.24) is 19.9 Å². The highest BCUT2D eigenvalue weighted by Gasteiger charge is 2.28. The van der Waals surface area contributed by atoms with Gasteiger partial charge in [-0.05, 0) is 26.7 Å². The third-order valence-corrected chi connectivity index (χ3v) is 4.96. The van der Waals surface area contributed by atoms with Crippen molar-refractivity contribution in [3.8, 4) is 0 Å². The summed E-state index contributed by atoms with van der Waals surface area (Å²) in [5, 5.41) is 0. The van der Waals surface area contributed by atoms with Crippen LogP contribution in [0.15, 0.2) is 12.1 Å². The number of nitrogens with zero attached hydrogens (tertiary/aromatic N) is 7. The lowest BCUT2D eigenvalue weighted by atomic mass is 10.2. The number of hydrogen-bond donors (Lipinski definition) is 0. The normalized spacial score (nSPS) is 17.5. The molecule has 0 spiro atoms.